The van der Waals surface area contributed by atoms with Gasteiger partial charge in [-0.25, -0.2) is 13.6 Å². The first-order valence-corrected chi connectivity index (χ1v) is 8.39. The van der Waals surface area contributed by atoms with Gasteiger partial charge in [0, 0.05) is 17.6 Å². The Hall–Kier alpha value is -2.18. The zero-order chi connectivity index (χ0) is 18.6. The summed E-state index contributed by atoms with van der Waals surface area (Å²) in [5.41, 5.74) is -0.451. The van der Waals surface area contributed by atoms with E-state index in [1.165, 1.54) is 6.07 Å². The lowest BCUT2D eigenvalue weighted by atomic mass is 9.91. The first kappa shape index (κ1) is 19.1. The van der Waals surface area contributed by atoms with E-state index in [2.05, 4.69) is 10.6 Å². The number of rotatable bonds is 3. The van der Waals surface area contributed by atoms with E-state index < -0.39 is 29.2 Å². The molecule has 1 aliphatic carbocycles. The fourth-order valence-electron chi connectivity index (χ4n) is 2.76. The van der Waals surface area contributed by atoms with Crippen molar-refractivity contribution in [2.45, 2.75) is 64.1 Å². The first-order chi connectivity index (χ1) is 11.6. The van der Waals surface area contributed by atoms with Gasteiger partial charge in [0.15, 0.2) is 11.6 Å². The summed E-state index contributed by atoms with van der Waals surface area (Å²) in [7, 11) is 0. The van der Waals surface area contributed by atoms with E-state index >= 15 is 0 Å². The van der Waals surface area contributed by atoms with Gasteiger partial charge in [-0.3, -0.25) is 4.79 Å². The Balaban J connectivity index is 1.79. The molecule has 5 nitrogen and oxygen atoms in total. The zero-order valence-electron chi connectivity index (χ0n) is 14.7. The lowest BCUT2D eigenvalue weighted by molar-refractivity contribution is 0.0488. The molecule has 0 saturated heterocycles. The number of carbonyl (C=O) groups is 2. The van der Waals surface area contributed by atoms with Crippen molar-refractivity contribution in [3.8, 4) is 0 Å². The Morgan fingerprint density at radius 3 is 2.08 bits per heavy atom. The Morgan fingerprint density at radius 2 is 1.56 bits per heavy atom. The smallest absolute Gasteiger partial charge is 0.407 e. The summed E-state index contributed by atoms with van der Waals surface area (Å²) >= 11 is 0. The second kappa shape index (κ2) is 7.80. The maximum Gasteiger partial charge on any atom is 0.407 e. The highest BCUT2D eigenvalue weighted by Crippen LogP contribution is 2.20. The van der Waals surface area contributed by atoms with Gasteiger partial charge in [0.2, 0.25) is 0 Å². The van der Waals surface area contributed by atoms with E-state index in [-0.39, 0.29) is 17.6 Å². The number of nitrogens with one attached hydrogen (secondary N) is 2. The van der Waals surface area contributed by atoms with Gasteiger partial charge in [0.1, 0.15) is 5.60 Å². The molecule has 0 aromatic heterocycles. The van der Waals surface area contributed by atoms with Crippen LogP contribution in [-0.4, -0.2) is 29.7 Å². The van der Waals surface area contributed by atoms with Crippen molar-refractivity contribution >= 4 is 12.0 Å². The monoisotopic (exact) mass is 354 g/mol. The Kier molecular flexibility index (Phi) is 5.98. The molecule has 0 heterocycles. The maximum absolute atomic E-state index is 13.2. The number of carbonyl (C=O) groups excluding carboxylic acids is 2. The van der Waals surface area contributed by atoms with Crippen LogP contribution in [0.5, 0.6) is 0 Å². The van der Waals surface area contributed by atoms with E-state index in [1.807, 2.05) is 0 Å². The molecular weight excluding hydrogens is 330 g/mol. The second-order valence-electron chi connectivity index (χ2n) is 7.30. The van der Waals surface area contributed by atoms with Crippen molar-refractivity contribution in [1.29, 1.82) is 0 Å². The molecule has 1 aromatic carbocycles. The van der Waals surface area contributed by atoms with E-state index in [0.717, 1.165) is 12.1 Å². The van der Waals surface area contributed by atoms with Crippen molar-refractivity contribution in [2.75, 3.05) is 0 Å². The van der Waals surface area contributed by atoms with Gasteiger partial charge in [-0.15, -0.1) is 0 Å². The highest BCUT2D eigenvalue weighted by atomic mass is 19.2. The van der Waals surface area contributed by atoms with Gasteiger partial charge in [-0.2, -0.15) is 0 Å². The Morgan fingerprint density at radius 1 is 1.00 bits per heavy atom. The lowest BCUT2D eigenvalue weighted by Gasteiger charge is -2.30. The molecule has 1 fully saturated rings. The van der Waals surface area contributed by atoms with E-state index in [4.69, 9.17) is 4.74 Å². The normalized spacial score (nSPS) is 20.7. The lowest BCUT2D eigenvalue weighted by Crippen LogP contribution is -2.45. The van der Waals surface area contributed by atoms with E-state index in [1.54, 1.807) is 20.8 Å². The molecule has 7 heteroatoms. The van der Waals surface area contributed by atoms with Crippen LogP contribution < -0.4 is 10.6 Å². The molecule has 0 radical (unpaired) electrons. The first-order valence-electron chi connectivity index (χ1n) is 8.39. The topological polar surface area (TPSA) is 67.4 Å². The third-order valence-corrected chi connectivity index (χ3v) is 3.97. The summed E-state index contributed by atoms with van der Waals surface area (Å²) in [6.45, 7) is 5.41. The average Bonchev–Trinajstić information content (AvgIpc) is 2.50. The van der Waals surface area contributed by atoms with Gasteiger partial charge < -0.3 is 15.4 Å². The van der Waals surface area contributed by atoms with Gasteiger partial charge in [-0.05, 0) is 64.7 Å². The molecule has 0 spiro atoms. The maximum atomic E-state index is 13.2. The highest BCUT2D eigenvalue weighted by Gasteiger charge is 2.25. The molecule has 1 aliphatic rings. The fraction of sp³-hybridized carbons (Fsp3) is 0.556. The fourth-order valence-corrected chi connectivity index (χ4v) is 2.76. The molecule has 1 saturated carbocycles. The highest BCUT2D eigenvalue weighted by molar-refractivity contribution is 5.94. The number of alkyl carbamates (subject to hydrolysis) is 1. The summed E-state index contributed by atoms with van der Waals surface area (Å²) in [5, 5.41) is 5.65. The quantitative estimate of drug-likeness (QED) is 0.873. The Bertz CT molecular complexity index is 636. The number of hydrogen-bond acceptors (Lipinski definition) is 3. The number of halogens is 2. The molecule has 2 amide bonds. The Labute approximate surface area is 146 Å². The van der Waals surface area contributed by atoms with Crippen LogP contribution in [0.4, 0.5) is 13.6 Å². The minimum Gasteiger partial charge on any atom is -0.444 e. The predicted octanol–water partition coefficient (Wildman–Crippen LogP) is 3.53. The van der Waals surface area contributed by atoms with Crippen LogP contribution in [0.1, 0.15) is 56.8 Å². The largest absolute Gasteiger partial charge is 0.444 e. The zero-order valence-corrected chi connectivity index (χ0v) is 14.7. The minimum atomic E-state index is -1.04. The third kappa shape index (κ3) is 5.99. The number of hydrogen-bond donors (Lipinski definition) is 2. The van der Waals surface area contributed by atoms with Crippen molar-refractivity contribution in [3.05, 3.63) is 35.4 Å². The van der Waals surface area contributed by atoms with Crippen molar-refractivity contribution in [1.82, 2.24) is 10.6 Å². The second-order valence-corrected chi connectivity index (χ2v) is 7.30. The van der Waals surface area contributed by atoms with Gasteiger partial charge in [-0.1, -0.05) is 0 Å². The number of benzene rings is 1. The molecule has 138 valence electrons. The summed E-state index contributed by atoms with van der Waals surface area (Å²) in [6.07, 6.45) is 2.36. The standard InChI is InChI=1S/C18H24F2N2O3/c1-18(2,3)25-17(24)22-13-7-5-12(6-8-13)21-16(23)11-4-9-14(19)15(20)10-11/h4,9-10,12-13H,5-8H2,1-3H3,(H,21,23)(H,22,24). The molecule has 0 atom stereocenters. The van der Waals surface area contributed by atoms with Crippen LogP contribution in [0.15, 0.2) is 18.2 Å². The van der Waals surface area contributed by atoms with Crippen LogP contribution in [0.3, 0.4) is 0 Å². The van der Waals surface area contributed by atoms with Crippen LogP contribution >= 0.6 is 0 Å². The third-order valence-electron chi connectivity index (χ3n) is 3.97. The van der Waals surface area contributed by atoms with E-state index in [0.29, 0.717) is 25.7 Å². The van der Waals surface area contributed by atoms with Crippen molar-refractivity contribution in [2.24, 2.45) is 0 Å². The summed E-state index contributed by atoms with van der Waals surface area (Å²) < 4.78 is 31.3. The van der Waals surface area contributed by atoms with Crippen LogP contribution in [-0.2, 0) is 4.74 Å². The summed E-state index contributed by atoms with van der Waals surface area (Å²) in [6, 6.07) is 3.03. The molecule has 25 heavy (non-hydrogen) atoms. The van der Waals surface area contributed by atoms with Crippen molar-refractivity contribution < 1.29 is 23.1 Å². The van der Waals surface area contributed by atoms with Gasteiger partial charge >= 0.3 is 6.09 Å². The average molecular weight is 354 g/mol. The van der Waals surface area contributed by atoms with E-state index in [9.17, 15) is 18.4 Å². The molecular formula is C18H24F2N2O3. The summed E-state index contributed by atoms with van der Waals surface area (Å²) in [4.78, 5) is 23.9. The van der Waals surface area contributed by atoms with Gasteiger partial charge in [0.25, 0.3) is 5.91 Å². The summed E-state index contributed by atoms with van der Waals surface area (Å²) in [5.74, 6) is -2.45. The molecule has 2 N–H and O–H groups in total. The molecule has 0 aliphatic heterocycles. The molecule has 0 bridgehead atoms. The molecule has 1 aromatic rings. The van der Waals surface area contributed by atoms with Crippen molar-refractivity contribution in [3.63, 3.8) is 0 Å². The molecule has 0 unspecified atom stereocenters. The number of amides is 2. The minimum absolute atomic E-state index is 0.00580. The number of ether oxygens (including phenoxy) is 1. The van der Waals surface area contributed by atoms with Gasteiger partial charge in [0.05, 0.1) is 0 Å². The van der Waals surface area contributed by atoms with Crippen LogP contribution in [0, 0.1) is 11.6 Å². The SMILES string of the molecule is CC(C)(C)OC(=O)NC1CCC(NC(=O)c2ccc(F)c(F)c2)CC1. The van der Waals surface area contributed by atoms with Crippen LogP contribution in [0.25, 0.3) is 0 Å². The predicted molar refractivity (Wildman–Crippen MR) is 89.2 cm³/mol. The molecule has 2 rings (SSSR count). The van der Waals surface area contributed by atoms with Crippen LogP contribution in [0.2, 0.25) is 0 Å².